The van der Waals surface area contributed by atoms with Gasteiger partial charge in [0, 0.05) is 75.6 Å². The lowest BCUT2D eigenvalue weighted by atomic mass is 10.1. The third-order valence-electron chi connectivity index (χ3n) is 11.0. The van der Waals surface area contributed by atoms with Crippen LogP contribution in [0.5, 0.6) is 11.5 Å². The van der Waals surface area contributed by atoms with E-state index in [0.717, 1.165) is 54.4 Å². The average Bonchev–Trinajstić information content (AvgIpc) is 4.07. The topological polar surface area (TPSA) is 202 Å². The Morgan fingerprint density at radius 2 is 1.58 bits per heavy atom. The van der Waals surface area contributed by atoms with Gasteiger partial charge in [0.05, 0.1) is 82.6 Å². The number of H-pyrrole nitrogens is 1. The molecule has 3 fully saturated rings. The number of benzene rings is 3. The smallest absolute Gasteiger partial charge is 0.282 e. The summed E-state index contributed by atoms with van der Waals surface area (Å²) in [5, 5.41) is 20.2. The highest BCUT2D eigenvalue weighted by molar-refractivity contribution is 5.98. The molecular formula is C43H54F2N8O12. The van der Waals surface area contributed by atoms with Gasteiger partial charge in [-0.15, -0.1) is 0 Å². The molecule has 5 N–H and O–H groups in total. The first-order valence-electron chi connectivity index (χ1n) is 21.6. The van der Waals surface area contributed by atoms with E-state index in [0.29, 0.717) is 108 Å². The molecule has 0 aliphatic carbocycles. The number of anilines is 2. The molecule has 352 valence electrons. The molecule has 1 aromatic heterocycles. The maximum atomic E-state index is 13.5. The van der Waals surface area contributed by atoms with E-state index >= 15 is 0 Å². The average molecular weight is 913 g/mol. The first-order chi connectivity index (χ1) is 31.7. The molecule has 20 nitrogen and oxygen atoms in total. The van der Waals surface area contributed by atoms with Crippen LogP contribution in [0.25, 0.3) is 10.9 Å². The SMILES string of the molecule is O=C(c1cc2cc(N3CC[C@@](O)(C(=O)NCc4cc(F)cc(F)c4)O3)ccc2[nH]1)N1CCN(CCOCCOCCOCCOCCNc2cccc3c2ON(C2CCONO2)O3)CC1. The minimum Gasteiger partial charge on any atom is -0.380 e. The van der Waals surface area contributed by atoms with E-state index in [1.54, 1.807) is 24.3 Å². The van der Waals surface area contributed by atoms with Crippen molar-refractivity contribution < 1.29 is 66.6 Å². The van der Waals surface area contributed by atoms with Gasteiger partial charge in [0.2, 0.25) is 12.0 Å². The normalized spacial score (nSPS) is 20.2. The number of para-hydroxylation sites is 1. The van der Waals surface area contributed by atoms with Crippen molar-refractivity contribution in [2.45, 2.75) is 31.4 Å². The molecule has 5 heterocycles. The summed E-state index contributed by atoms with van der Waals surface area (Å²) in [5.74, 6) is -3.47. The van der Waals surface area contributed by atoms with E-state index in [4.69, 9.17) is 43.1 Å². The lowest BCUT2D eigenvalue weighted by Gasteiger charge is -2.34. The van der Waals surface area contributed by atoms with Crippen LogP contribution in [-0.2, 0) is 44.8 Å². The Morgan fingerprint density at radius 1 is 0.846 bits per heavy atom. The fourth-order valence-corrected chi connectivity index (χ4v) is 7.49. The third kappa shape index (κ3) is 12.4. The van der Waals surface area contributed by atoms with Gasteiger partial charge in [-0.25, -0.2) is 13.6 Å². The predicted molar refractivity (Wildman–Crippen MR) is 227 cm³/mol. The zero-order chi connectivity index (χ0) is 45.0. The number of amides is 2. The first-order valence-corrected chi connectivity index (χ1v) is 21.6. The lowest BCUT2D eigenvalue weighted by molar-refractivity contribution is -0.376. The molecule has 65 heavy (non-hydrogen) atoms. The maximum Gasteiger partial charge on any atom is 0.282 e. The number of halogens is 2. The Balaban J connectivity index is 0.636. The fraction of sp³-hybridized carbons (Fsp3) is 0.488. The van der Waals surface area contributed by atoms with Gasteiger partial charge < -0.3 is 54.2 Å². The van der Waals surface area contributed by atoms with Crippen LogP contribution in [-0.4, -0.2) is 154 Å². The van der Waals surface area contributed by atoms with E-state index < -0.39 is 29.6 Å². The zero-order valence-electron chi connectivity index (χ0n) is 35.8. The van der Waals surface area contributed by atoms with Gasteiger partial charge in [-0.1, -0.05) is 11.7 Å². The third-order valence-corrected chi connectivity index (χ3v) is 11.0. The van der Waals surface area contributed by atoms with Gasteiger partial charge in [0.15, 0.2) is 5.75 Å². The van der Waals surface area contributed by atoms with Crippen LogP contribution in [0.15, 0.2) is 60.7 Å². The molecule has 3 saturated heterocycles. The number of rotatable bonds is 22. The Morgan fingerprint density at radius 3 is 2.32 bits per heavy atom. The van der Waals surface area contributed by atoms with E-state index in [1.165, 1.54) is 10.3 Å². The van der Waals surface area contributed by atoms with Crippen LogP contribution in [0.2, 0.25) is 0 Å². The summed E-state index contributed by atoms with van der Waals surface area (Å²) in [7, 11) is 0. The van der Waals surface area contributed by atoms with E-state index in [1.807, 2.05) is 23.1 Å². The largest absolute Gasteiger partial charge is 0.380 e. The van der Waals surface area contributed by atoms with Crippen LogP contribution >= 0.6 is 0 Å². The summed E-state index contributed by atoms with van der Waals surface area (Å²) < 4.78 is 49.8. The number of carbonyl (C=O) groups is 2. The Hall–Kier alpha value is -5.24. The number of aromatic amines is 1. The number of hydroxylamine groups is 3. The second-order valence-electron chi connectivity index (χ2n) is 15.5. The molecule has 0 bridgehead atoms. The second kappa shape index (κ2) is 22.3. The molecule has 4 aliphatic heterocycles. The van der Waals surface area contributed by atoms with Crippen molar-refractivity contribution in [2.24, 2.45) is 0 Å². The van der Waals surface area contributed by atoms with Crippen molar-refractivity contribution in [3.8, 4) is 11.5 Å². The first kappa shape index (κ1) is 46.3. The zero-order valence-corrected chi connectivity index (χ0v) is 35.8. The number of aliphatic hydroxyl groups is 1. The molecule has 0 radical (unpaired) electrons. The molecule has 4 aliphatic rings. The van der Waals surface area contributed by atoms with Crippen molar-refractivity contribution >= 4 is 34.1 Å². The lowest BCUT2D eigenvalue weighted by Crippen LogP contribution is -2.49. The number of piperazine rings is 1. The summed E-state index contributed by atoms with van der Waals surface area (Å²) in [4.78, 5) is 61.0. The molecule has 2 atom stereocenters. The fourth-order valence-electron chi connectivity index (χ4n) is 7.49. The number of hydrogen-bond donors (Lipinski definition) is 5. The summed E-state index contributed by atoms with van der Waals surface area (Å²) in [6, 6.07) is 15.7. The molecule has 0 spiro atoms. The number of ether oxygens (including phenoxy) is 4. The molecule has 1 unspecified atom stereocenters. The summed E-state index contributed by atoms with van der Waals surface area (Å²) in [5.41, 5.74) is 5.15. The number of hydrogen-bond acceptors (Lipinski definition) is 17. The minimum absolute atomic E-state index is 0.0353. The van der Waals surface area contributed by atoms with Crippen LogP contribution in [0.1, 0.15) is 28.9 Å². The summed E-state index contributed by atoms with van der Waals surface area (Å²) in [6.07, 6.45) is 0.0953. The Kier molecular flexibility index (Phi) is 15.9. The van der Waals surface area contributed by atoms with Crippen molar-refractivity contribution in [1.82, 2.24) is 31.0 Å². The number of fused-ring (bicyclic) bond motifs is 2. The highest BCUT2D eigenvalue weighted by atomic mass is 19.1. The maximum absolute atomic E-state index is 13.5. The highest BCUT2D eigenvalue weighted by Gasteiger charge is 2.45. The van der Waals surface area contributed by atoms with E-state index in [2.05, 4.69) is 26.2 Å². The van der Waals surface area contributed by atoms with E-state index in [-0.39, 0.29) is 31.0 Å². The van der Waals surface area contributed by atoms with Gasteiger partial charge in [0.25, 0.3) is 17.6 Å². The van der Waals surface area contributed by atoms with E-state index in [9.17, 15) is 23.5 Å². The number of carbonyl (C=O) groups excluding carboxylic acids is 2. The molecular weight excluding hydrogens is 859 g/mol. The van der Waals surface area contributed by atoms with Crippen LogP contribution in [0.4, 0.5) is 20.2 Å². The summed E-state index contributed by atoms with van der Waals surface area (Å²) >= 11 is 0. The molecule has 4 aromatic rings. The quantitative estimate of drug-likeness (QED) is 0.0720. The van der Waals surface area contributed by atoms with Gasteiger partial charge in [-0.2, -0.15) is 0 Å². The Bertz CT molecular complexity index is 2190. The summed E-state index contributed by atoms with van der Waals surface area (Å²) in [6.45, 7) is 8.17. The monoisotopic (exact) mass is 912 g/mol. The number of nitrogens with one attached hydrogen (secondary N) is 4. The standard InChI is InChI=1S/C43H54F2N8O12/c44-32-24-30(25-33(45)28-32)29-47-42(55)43(56)7-9-52(65-43)34-4-5-35-31(26-34)27-37(48-35)41(54)51-12-10-50(11-13-51)14-17-58-19-21-60-23-22-59-20-18-57-16-8-46-36-2-1-3-38-40(36)64-53(63-38)39-6-15-61-49-62-39/h1-5,24-28,39,46,48-49,56H,6-23,29H2,(H,47,55)/t39?,43-/m0/s1. The molecule has 22 heteroatoms. The molecule has 0 saturated carbocycles. The second-order valence-corrected chi connectivity index (χ2v) is 15.5. The number of nitrogens with zero attached hydrogens (tertiary/aromatic N) is 4. The van der Waals surface area contributed by atoms with Gasteiger partial charge in [-0.3, -0.25) is 29.2 Å². The van der Waals surface area contributed by atoms with Gasteiger partial charge in [-0.05, 0) is 54.1 Å². The minimum atomic E-state index is -2.17. The van der Waals surface area contributed by atoms with Crippen molar-refractivity contribution in [3.05, 3.63) is 83.6 Å². The van der Waals surface area contributed by atoms with Gasteiger partial charge in [0.1, 0.15) is 17.3 Å². The van der Waals surface area contributed by atoms with Crippen LogP contribution in [0.3, 0.4) is 0 Å². The van der Waals surface area contributed by atoms with Crippen LogP contribution in [0, 0.1) is 11.6 Å². The van der Waals surface area contributed by atoms with Crippen molar-refractivity contribution in [2.75, 3.05) is 116 Å². The molecule has 2 amide bonds. The van der Waals surface area contributed by atoms with Gasteiger partial charge >= 0.3 is 0 Å². The van der Waals surface area contributed by atoms with Crippen molar-refractivity contribution in [3.63, 3.8) is 0 Å². The molecule has 3 aromatic carbocycles. The highest BCUT2D eigenvalue weighted by Crippen LogP contribution is 2.41. The number of aromatic nitrogens is 1. The van der Waals surface area contributed by atoms with Crippen molar-refractivity contribution in [1.29, 1.82) is 0 Å². The predicted octanol–water partition coefficient (Wildman–Crippen LogP) is 2.61. The van der Waals surface area contributed by atoms with Crippen LogP contribution < -0.4 is 31.0 Å². The Labute approximate surface area is 373 Å². The molecule has 8 rings (SSSR count).